The van der Waals surface area contributed by atoms with Crippen LogP contribution in [-0.2, 0) is 50.4 Å². The van der Waals surface area contributed by atoms with E-state index in [1.807, 2.05) is 0 Å². The van der Waals surface area contributed by atoms with Crippen LogP contribution in [0.1, 0.15) is 51.9 Å². The number of hydrogen-bond acceptors (Lipinski definition) is 22. The lowest BCUT2D eigenvalue weighted by molar-refractivity contribution is -0.271. The molecule has 5 aromatic rings. The number of amides is 3. The zero-order valence-corrected chi connectivity index (χ0v) is 41.8. The lowest BCUT2D eigenvalue weighted by Gasteiger charge is -2.40. The van der Waals surface area contributed by atoms with Crippen molar-refractivity contribution in [3.05, 3.63) is 116 Å². The quantitative estimate of drug-likeness (QED) is 0.0292. The molecule has 9 rings (SSSR count). The van der Waals surface area contributed by atoms with Gasteiger partial charge in [0.25, 0.3) is 5.91 Å². The second-order valence-electron chi connectivity index (χ2n) is 18.7. The predicted molar refractivity (Wildman–Crippen MR) is 266 cm³/mol. The summed E-state index contributed by atoms with van der Waals surface area (Å²) in [7, 11) is 0. The first kappa shape index (κ1) is 56.7. The number of benzene rings is 4. The summed E-state index contributed by atoms with van der Waals surface area (Å²) in [6.45, 7) is -0.297. The van der Waals surface area contributed by atoms with E-state index in [4.69, 9.17) is 44.4 Å². The topological polar surface area (TPSA) is 438 Å². The number of aliphatic hydroxyl groups excluding tert-OH is 6. The van der Waals surface area contributed by atoms with Gasteiger partial charge in [0.05, 0.1) is 24.2 Å². The van der Waals surface area contributed by atoms with Gasteiger partial charge in [-0.1, -0.05) is 17.7 Å². The number of carbonyl (C=O) groups is 6. The molecule has 14 N–H and O–H groups in total. The van der Waals surface area contributed by atoms with Gasteiger partial charge < -0.3 is 99.9 Å². The van der Waals surface area contributed by atoms with Gasteiger partial charge in [0.2, 0.25) is 24.4 Å². The minimum atomic E-state index is -2.00. The second kappa shape index (κ2) is 23.0. The Morgan fingerprint density at radius 3 is 1.84 bits per heavy atom. The monoisotopic (exact) mass is 1140 g/mol. The first-order chi connectivity index (χ1) is 38.0. The Morgan fingerprint density at radius 2 is 1.26 bits per heavy atom. The number of fused-ring (bicyclic) bond motifs is 7. The third-order valence-corrected chi connectivity index (χ3v) is 13.7. The van der Waals surface area contributed by atoms with E-state index in [1.54, 1.807) is 18.2 Å². The SMILES string of the molecule is O=C(O)C[C@@H](NCCNC(=O)c1cc2cc(Cl)c(O)cc2oc1=O)NC(=O)CCC(=O)Nc1ccc2c(c1)COC21c2ccc(O[C@H]3O[C@@H](C(=O)O)[C@H](O)[C@@H](O)[C@@H]3O)cc2Oc2cc(O[C@@H]3O[C@H](C(=O)O)[C@@H](O)[C@H](O)[C@H]3O)ccc21. The van der Waals surface area contributed by atoms with E-state index in [0.29, 0.717) is 22.3 Å². The van der Waals surface area contributed by atoms with Gasteiger partial charge in [0.1, 0.15) is 76.5 Å². The maximum absolute atomic E-state index is 13.3. The molecule has 4 aliphatic rings. The molecule has 424 valence electrons. The predicted octanol–water partition coefficient (Wildman–Crippen LogP) is -0.723. The number of aliphatic carboxylic acids is 3. The Morgan fingerprint density at radius 1 is 0.688 bits per heavy atom. The Hall–Kier alpha value is -8.00. The highest BCUT2D eigenvalue weighted by Crippen LogP contribution is 2.57. The zero-order chi connectivity index (χ0) is 57.5. The summed E-state index contributed by atoms with van der Waals surface area (Å²) < 4.78 is 40.3. The lowest BCUT2D eigenvalue weighted by atomic mass is 9.77. The van der Waals surface area contributed by atoms with Crippen molar-refractivity contribution in [3.8, 4) is 28.7 Å². The highest BCUT2D eigenvalue weighted by Gasteiger charge is 2.52. The number of hydrogen-bond donors (Lipinski definition) is 14. The molecular formula is C51H49ClN4O24. The first-order valence-corrected chi connectivity index (χ1v) is 24.6. The van der Waals surface area contributed by atoms with Crippen LogP contribution in [0.3, 0.4) is 0 Å². The van der Waals surface area contributed by atoms with E-state index in [2.05, 4.69) is 21.3 Å². The van der Waals surface area contributed by atoms with Crippen LogP contribution in [0.25, 0.3) is 11.0 Å². The van der Waals surface area contributed by atoms with Gasteiger partial charge in [-0.3, -0.25) is 24.5 Å². The van der Waals surface area contributed by atoms with Crippen LogP contribution < -0.4 is 41.1 Å². The van der Waals surface area contributed by atoms with E-state index in [9.17, 15) is 84.6 Å². The van der Waals surface area contributed by atoms with E-state index in [-0.39, 0.29) is 88.5 Å². The Kier molecular flexibility index (Phi) is 16.3. The molecule has 1 unspecified atom stereocenters. The number of ether oxygens (including phenoxy) is 6. The Bertz CT molecular complexity index is 3240. The molecule has 0 radical (unpaired) electrons. The van der Waals surface area contributed by atoms with Crippen LogP contribution in [-0.4, -0.2) is 167 Å². The molecule has 12 atom stereocenters. The summed E-state index contributed by atoms with van der Waals surface area (Å²) >= 11 is 5.94. The number of rotatable bonds is 18. The van der Waals surface area contributed by atoms with Crippen molar-refractivity contribution in [1.29, 1.82) is 0 Å². The van der Waals surface area contributed by atoms with Gasteiger partial charge in [0.15, 0.2) is 17.8 Å². The van der Waals surface area contributed by atoms with Crippen molar-refractivity contribution in [3.63, 3.8) is 0 Å². The second-order valence-corrected chi connectivity index (χ2v) is 19.1. The lowest BCUT2D eigenvalue weighted by Crippen LogP contribution is -2.61. The van der Waals surface area contributed by atoms with Crippen molar-refractivity contribution in [2.75, 3.05) is 18.4 Å². The van der Waals surface area contributed by atoms with Crippen molar-refractivity contribution in [1.82, 2.24) is 16.0 Å². The van der Waals surface area contributed by atoms with Crippen LogP contribution in [0.4, 0.5) is 5.69 Å². The zero-order valence-electron chi connectivity index (χ0n) is 41.1. The molecule has 2 saturated heterocycles. The molecule has 80 heavy (non-hydrogen) atoms. The fourth-order valence-electron chi connectivity index (χ4n) is 9.45. The molecule has 3 amide bonds. The largest absolute Gasteiger partial charge is 0.506 e. The molecule has 2 fully saturated rings. The molecule has 0 aliphatic carbocycles. The third kappa shape index (κ3) is 11.4. The summed E-state index contributed by atoms with van der Waals surface area (Å²) in [5.74, 6) is -7.16. The number of phenols is 1. The molecule has 29 heteroatoms. The van der Waals surface area contributed by atoms with Gasteiger partial charge in [-0.2, -0.15) is 0 Å². The van der Waals surface area contributed by atoms with E-state index < -0.39 is 121 Å². The summed E-state index contributed by atoms with van der Waals surface area (Å²) in [6.07, 6.45) is -21.9. The van der Waals surface area contributed by atoms with E-state index >= 15 is 0 Å². The van der Waals surface area contributed by atoms with Crippen LogP contribution in [0.2, 0.25) is 5.02 Å². The average Bonchev–Trinajstić information content (AvgIpc) is 3.91. The minimum Gasteiger partial charge on any atom is -0.506 e. The molecule has 28 nitrogen and oxygen atoms in total. The molecule has 4 aromatic carbocycles. The molecule has 1 aromatic heterocycles. The number of carbonyl (C=O) groups excluding carboxylic acids is 3. The Balaban J connectivity index is 0.882. The molecular weight excluding hydrogens is 1090 g/mol. The number of anilines is 1. The molecule has 1 spiro atoms. The third-order valence-electron chi connectivity index (χ3n) is 13.4. The normalized spacial score (nSPS) is 25.9. The fourth-order valence-corrected chi connectivity index (χ4v) is 9.62. The van der Waals surface area contributed by atoms with Crippen molar-refractivity contribution < 1.29 is 113 Å². The van der Waals surface area contributed by atoms with Crippen molar-refractivity contribution in [2.45, 2.75) is 99.0 Å². The van der Waals surface area contributed by atoms with Crippen molar-refractivity contribution >= 4 is 63.9 Å². The summed E-state index contributed by atoms with van der Waals surface area (Å²) in [5.41, 5.74) is -0.837. The smallest absolute Gasteiger partial charge is 0.349 e. The number of carboxylic acids is 3. The highest BCUT2D eigenvalue weighted by molar-refractivity contribution is 6.32. The van der Waals surface area contributed by atoms with Gasteiger partial charge >= 0.3 is 23.5 Å². The van der Waals surface area contributed by atoms with Gasteiger partial charge in [-0.25, -0.2) is 14.4 Å². The fraction of sp³-hybridized carbons (Fsp3) is 0.353. The van der Waals surface area contributed by atoms with Crippen LogP contribution in [0.5, 0.6) is 28.7 Å². The van der Waals surface area contributed by atoms with Gasteiger partial charge in [0, 0.05) is 66.3 Å². The van der Waals surface area contributed by atoms with Crippen LogP contribution >= 0.6 is 11.6 Å². The molecule has 5 heterocycles. The average molecular weight is 1140 g/mol. The molecule has 4 aliphatic heterocycles. The summed E-state index contributed by atoms with van der Waals surface area (Å²) in [4.78, 5) is 86.8. The number of aliphatic hydroxyl groups is 6. The van der Waals surface area contributed by atoms with Gasteiger partial charge in [-0.15, -0.1) is 0 Å². The first-order valence-electron chi connectivity index (χ1n) is 24.2. The Labute approximate surface area is 453 Å². The molecule has 0 saturated carbocycles. The standard InChI is InChI=1S/C51H49ClN4O24/c52-28-13-19-12-24(48(73)78-30(19)16-29(28)57)45(68)54-10-9-53-33(17-36(60)61)56-35(59)8-7-34(58)55-21-1-4-25-20(11-21)18-74-51(25)26-5-2-22(75-49-41(66)37(62)39(64)43(79-49)46(69)70)14-31(26)77-32-15-23(3-6-27(32)51)76-50-42(67)38(63)40(65)44(80-50)47(71)72/h1-6,11-16,33,37-44,49-50,53,57,62-67H,7-10,17-18H2,(H,54,68)(H,55,58)(H,56,59)(H,60,61)(H,69,70)(H,71,72)/t33-,37-,38+,39-,40+,41+,42-,43-,44+,49+,50-,51?/m0/s1. The highest BCUT2D eigenvalue weighted by atomic mass is 35.5. The summed E-state index contributed by atoms with van der Waals surface area (Å²) in [6, 6.07) is 17.0. The van der Waals surface area contributed by atoms with Crippen LogP contribution in [0.15, 0.2) is 82.0 Å². The number of halogens is 1. The maximum atomic E-state index is 13.3. The van der Waals surface area contributed by atoms with Crippen molar-refractivity contribution in [2.24, 2.45) is 0 Å². The van der Waals surface area contributed by atoms with E-state index in [1.165, 1.54) is 48.5 Å². The molecule has 0 bridgehead atoms. The number of carboxylic acid groups (broad SMARTS) is 3. The number of aromatic hydroxyl groups is 1. The van der Waals surface area contributed by atoms with Gasteiger partial charge in [-0.05, 0) is 59.7 Å². The van der Waals surface area contributed by atoms with Crippen LogP contribution in [0, 0.1) is 0 Å². The maximum Gasteiger partial charge on any atom is 0.349 e. The summed E-state index contributed by atoms with van der Waals surface area (Å²) in [5, 5.41) is 112. The minimum absolute atomic E-state index is 0.00740. The number of phenolic OH excluding ortho intramolecular Hbond substituents is 1. The van der Waals surface area contributed by atoms with E-state index in [0.717, 1.165) is 6.07 Å². The number of nitrogens with one attached hydrogen (secondary N) is 4.